The third kappa shape index (κ3) is 5.15. The monoisotopic (exact) mass is 595 g/mol. The van der Waals surface area contributed by atoms with Gasteiger partial charge in [0.2, 0.25) is 5.82 Å². The van der Waals surface area contributed by atoms with Crippen LogP contribution in [-0.2, 0) is 14.9 Å². The molecule has 1 N–H and O–H groups in total. The van der Waals surface area contributed by atoms with Crippen molar-refractivity contribution in [1.82, 2.24) is 24.9 Å². The summed E-state index contributed by atoms with van der Waals surface area (Å²) in [6.07, 6.45) is 3.82. The van der Waals surface area contributed by atoms with Crippen LogP contribution in [0.1, 0.15) is 52.0 Å². The van der Waals surface area contributed by atoms with Crippen molar-refractivity contribution >= 4 is 29.0 Å². The number of carbonyl (C=O) groups is 2. The van der Waals surface area contributed by atoms with E-state index in [4.69, 9.17) is 9.47 Å². The lowest BCUT2D eigenvalue weighted by Crippen LogP contribution is -2.62. The summed E-state index contributed by atoms with van der Waals surface area (Å²) in [4.78, 5) is 39.3. The Labute approximate surface area is 256 Å². The van der Waals surface area contributed by atoms with Gasteiger partial charge in [0.25, 0.3) is 5.91 Å². The number of aryl methyl sites for hydroxylation is 1. The van der Waals surface area contributed by atoms with E-state index in [9.17, 15) is 9.59 Å². The third-order valence-electron chi connectivity index (χ3n) is 9.37. The Kier molecular flexibility index (Phi) is 7.00. The molecule has 6 heterocycles. The predicted molar refractivity (Wildman–Crippen MR) is 165 cm³/mol. The Morgan fingerprint density at radius 1 is 1.05 bits per heavy atom. The molecule has 3 fully saturated rings. The highest BCUT2D eigenvalue weighted by Crippen LogP contribution is 2.39. The minimum absolute atomic E-state index is 0.0738. The molecule has 1 aromatic carbocycles. The molecule has 11 nitrogen and oxygen atoms in total. The van der Waals surface area contributed by atoms with Gasteiger partial charge in [-0.2, -0.15) is 0 Å². The van der Waals surface area contributed by atoms with Crippen LogP contribution in [0.4, 0.5) is 11.5 Å². The summed E-state index contributed by atoms with van der Waals surface area (Å²) < 4.78 is 12.2. The number of nitrogens with one attached hydrogen (secondary N) is 1. The first kappa shape index (κ1) is 28.3. The Morgan fingerprint density at radius 2 is 1.86 bits per heavy atom. The molecule has 228 valence electrons. The lowest BCUT2D eigenvalue weighted by molar-refractivity contribution is -0.121. The normalized spacial score (nSPS) is 22.7. The molecule has 3 aliphatic heterocycles. The number of hydrogen-bond donors (Lipinski definition) is 1. The number of amides is 1. The highest BCUT2D eigenvalue weighted by atomic mass is 16.5. The molecular weight excluding hydrogens is 558 g/mol. The molecule has 1 spiro atoms. The molecule has 3 aromatic heterocycles. The van der Waals surface area contributed by atoms with Crippen molar-refractivity contribution in [2.75, 3.05) is 56.3 Å². The summed E-state index contributed by atoms with van der Waals surface area (Å²) >= 11 is 0. The number of carbonyl (C=O) groups excluding carboxylic acids is 2. The fourth-order valence-electron chi connectivity index (χ4n) is 6.98. The summed E-state index contributed by atoms with van der Waals surface area (Å²) in [5, 5.41) is 7.80. The van der Waals surface area contributed by atoms with E-state index in [-0.39, 0.29) is 34.3 Å². The zero-order valence-electron chi connectivity index (χ0n) is 25.3. The third-order valence-corrected chi connectivity index (χ3v) is 9.37. The maximum absolute atomic E-state index is 13.5. The summed E-state index contributed by atoms with van der Waals surface area (Å²) in [5.41, 5.74) is 4.28. The fraction of sp³-hybridized carbons (Fsp3) is 0.424. The average molecular weight is 596 g/mol. The number of esters is 1. The number of benzene rings is 1. The predicted octanol–water partition coefficient (Wildman–Crippen LogP) is 3.41. The molecule has 0 aliphatic carbocycles. The molecule has 0 bridgehead atoms. The van der Waals surface area contributed by atoms with Gasteiger partial charge >= 0.3 is 5.97 Å². The van der Waals surface area contributed by atoms with Gasteiger partial charge in [0, 0.05) is 43.1 Å². The number of anilines is 2. The summed E-state index contributed by atoms with van der Waals surface area (Å²) in [5.74, 6) is 0.00718. The zero-order valence-corrected chi connectivity index (χ0v) is 25.3. The number of fused-ring (bicyclic) bond motifs is 1. The number of piperidine rings is 1. The SMILES string of the molecule is COC(=O)c1cccc(N2CC(NC(=O)c3nc4c(C)cc(N5CC[C@](C)(c6ccccc6)C5)cn4n3)CC3(COC3)C2)n1. The van der Waals surface area contributed by atoms with Crippen LogP contribution in [0, 0.1) is 12.3 Å². The molecule has 2 atom stereocenters. The van der Waals surface area contributed by atoms with Crippen LogP contribution in [0.5, 0.6) is 0 Å². The van der Waals surface area contributed by atoms with Crippen molar-refractivity contribution in [3.05, 3.63) is 83.4 Å². The van der Waals surface area contributed by atoms with Gasteiger partial charge in [0.05, 0.1) is 32.2 Å². The van der Waals surface area contributed by atoms with Gasteiger partial charge < -0.3 is 24.6 Å². The van der Waals surface area contributed by atoms with Gasteiger partial charge in [-0.05, 0) is 49.1 Å². The second-order valence-electron chi connectivity index (χ2n) is 12.8. The van der Waals surface area contributed by atoms with Crippen molar-refractivity contribution < 1.29 is 19.1 Å². The second-order valence-corrected chi connectivity index (χ2v) is 12.8. The standard InChI is InChI=1S/C33H37N7O4/c1-22-14-25(38-13-12-32(2,18-38)23-8-5-4-6-9-23)17-40-29(22)36-28(37-40)30(41)34-24-15-33(20-44-21-33)19-39(16-24)27-11-7-10-26(35-27)31(42)43-3/h4-11,14,17,24H,12-13,15-16,18-21H2,1-3H3,(H,34,41)/t24?,32-/m0/s1. The van der Waals surface area contributed by atoms with Crippen LogP contribution in [0.25, 0.3) is 5.65 Å². The quantitative estimate of drug-likeness (QED) is 0.335. The molecule has 0 saturated carbocycles. The Bertz CT molecular complexity index is 1720. The minimum atomic E-state index is -0.485. The van der Waals surface area contributed by atoms with E-state index >= 15 is 0 Å². The Hall–Kier alpha value is -4.51. The smallest absolute Gasteiger partial charge is 0.356 e. The first-order valence-corrected chi connectivity index (χ1v) is 15.1. The molecule has 11 heteroatoms. The van der Waals surface area contributed by atoms with Gasteiger partial charge in [-0.15, -0.1) is 5.10 Å². The average Bonchev–Trinajstić information content (AvgIpc) is 3.65. The maximum Gasteiger partial charge on any atom is 0.356 e. The van der Waals surface area contributed by atoms with Crippen LogP contribution in [0.15, 0.2) is 60.8 Å². The van der Waals surface area contributed by atoms with Crippen molar-refractivity contribution in [2.24, 2.45) is 5.41 Å². The maximum atomic E-state index is 13.5. The molecule has 44 heavy (non-hydrogen) atoms. The number of pyridine rings is 2. The molecule has 0 radical (unpaired) electrons. The number of nitrogens with zero attached hydrogens (tertiary/aromatic N) is 6. The number of hydrogen-bond acceptors (Lipinski definition) is 9. The van der Waals surface area contributed by atoms with Crippen LogP contribution in [0.2, 0.25) is 0 Å². The van der Waals surface area contributed by atoms with Crippen molar-refractivity contribution in [1.29, 1.82) is 0 Å². The van der Waals surface area contributed by atoms with Gasteiger partial charge in [-0.1, -0.05) is 43.3 Å². The Morgan fingerprint density at radius 3 is 2.61 bits per heavy atom. The van der Waals surface area contributed by atoms with Crippen LogP contribution >= 0.6 is 0 Å². The van der Waals surface area contributed by atoms with Gasteiger partial charge in [0.1, 0.15) is 5.82 Å². The van der Waals surface area contributed by atoms with E-state index in [1.807, 2.05) is 19.2 Å². The summed E-state index contributed by atoms with van der Waals surface area (Å²) in [6, 6.07) is 17.9. The van der Waals surface area contributed by atoms with Crippen molar-refractivity contribution in [3.8, 4) is 0 Å². The summed E-state index contributed by atoms with van der Waals surface area (Å²) in [6.45, 7) is 8.68. The fourth-order valence-corrected chi connectivity index (χ4v) is 6.98. The number of aromatic nitrogens is 4. The number of methoxy groups -OCH3 is 1. The molecule has 3 aliphatic rings. The van der Waals surface area contributed by atoms with Crippen LogP contribution in [0.3, 0.4) is 0 Å². The molecule has 1 amide bonds. The van der Waals surface area contributed by atoms with E-state index < -0.39 is 5.97 Å². The lowest BCUT2D eigenvalue weighted by Gasteiger charge is -2.51. The molecular formula is C33H37N7O4. The van der Waals surface area contributed by atoms with E-state index in [0.717, 1.165) is 43.7 Å². The highest BCUT2D eigenvalue weighted by Gasteiger charge is 2.46. The zero-order chi connectivity index (χ0) is 30.5. The van der Waals surface area contributed by atoms with Crippen molar-refractivity contribution in [3.63, 3.8) is 0 Å². The van der Waals surface area contributed by atoms with Gasteiger partial charge in [-0.25, -0.2) is 19.3 Å². The van der Waals surface area contributed by atoms with E-state index in [2.05, 4.69) is 73.5 Å². The van der Waals surface area contributed by atoms with E-state index in [1.165, 1.54) is 12.7 Å². The van der Waals surface area contributed by atoms with Crippen LogP contribution in [-0.4, -0.2) is 84.0 Å². The van der Waals surface area contributed by atoms with Crippen LogP contribution < -0.4 is 15.1 Å². The largest absolute Gasteiger partial charge is 0.464 e. The van der Waals surface area contributed by atoms with Gasteiger partial charge in [-0.3, -0.25) is 4.79 Å². The molecule has 7 rings (SSSR count). The Balaban J connectivity index is 1.09. The minimum Gasteiger partial charge on any atom is -0.464 e. The first-order valence-electron chi connectivity index (χ1n) is 15.1. The first-order chi connectivity index (χ1) is 21.2. The molecule has 3 saturated heterocycles. The molecule has 1 unspecified atom stereocenters. The topological polar surface area (TPSA) is 114 Å². The lowest BCUT2D eigenvalue weighted by atomic mass is 9.76. The van der Waals surface area contributed by atoms with Gasteiger partial charge in [0.15, 0.2) is 11.3 Å². The molecule has 4 aromatic rings. The highest BCUT2D eigenvalue weighted by molar-refractivity contribution is 5.91. The van der Waals surface area contributed by atoms with Crippen molar-refractivity contribution in [2.45, 2.75) is 38.1 Å². The summed E-state index contributed by atoms with van der Waals surface area (Å²) in [7, 11) is 1.34. The van der Waals surface area contributed by atoms with E-state index in [0.29, 0.717) is 31.2 Å². The number of rotatable bonds is 6. The number of ether oxygens (including phenoxy) is 2. The second kappa shape index (κ2) is 10.9. The van der Waals surface area contributed by atoms with E-state index in [1.54, 1.807) is 16.6 Å².